The van der Waals surface area contributed by atoms with Crippen LogP contribution in [0.15, 0.2) is 0 Å². The Bertz CT molecular complexity index is 470. The molecule has 0 aliphatic carbocycles. The molecule has 3 fully saturated rings. The van der Waals surface area contributed by atoms with Gasteiger partial charge in [0.25, 0.3) is 0 Å². The highest BCUT2D eigenvalue weighted by Crippen LogP contribution is 2.25. The highest BCUT2D eigenvalue weighted by Gasteiger charge is 2.39. The van der Waals surface area contributed by atoms with Crippen LogP contribution in [0.4, 0.5) is 0 Å². The first-order valence-corrected chi connectivity index (χ1v) is 9.49. The van der Waals surface area contributed by atoms with Crippen molar-refractivity contribution in [3.8, 4) is 0 Å². The van der Waals surface area contributed by atoms with E-state index < -0.39 is 0 Å². The first-order chi connectivity index (χ1) is 11.5. The third-order valence-electron chi connectivity index (χ3n) is 6.15. The predicted molar refractivity (Wildman–Crippen MR) is 93.6 cm³/mol. The van der Waals surface area contributed by atoms with Crippen molar-refractivity contribution < 1.29 is 9.59 Å². The zero-order chi connectivity index (χ0) is 17.3. The summed E-state index contributed by atoms with van der Waals surface area (Å²) in [7, 11) is 0. The summed E-state index contributed by atoms with van der Waals surface area (Å²) < 4.78 is 0. The van der Waals surface area contributed by atoms with Gasteiger partial charge in [0.1, 0.15) is 0 Å². The quantitative estimate of drug-likeness (QED) is 0.752. The number of rotatable bonds is 3. The van der Waals surface area contributed by atoms with E-state index in [4.69, 9.17) is 0 Å². The van der Waals surface area contributed by atoms with Crippen molar-refractivity contribution in [3.63, 3.8) is 0 Å². The Morgan fingerprint density at radius 1 is 0.917 bits per heavy atom. The van der Waals surface area contributed by atoms with Gasteiger partial charge in [-0.05, 0) is 25.7 Å². The molecule has 0 aromatic rings. The van der Waals surface area contributed by atoms with E-state index in [9.17, 15) is 9.59 Å². The second-order valence-electron chi connectivity index (χ2n) is 7.75. The summed E-state index contributed by atoms with van der Waals surface area (Å²) in [5.41, 5.74) is 0. The third-order valence-corrected chi connectivity index (χ3v) is 6.15. The molecule has 3 heterocycles. The molecule has 3 rings (SSSR count). The first kappa shape index (κ1) is 17.7. The van der Waals surface area contributed by atoms with Crippen LogP contribution in [0.1, 0.15) is 33.6 Å². The smallest absolute Gasteiger partial charge is 0.239 e. The minimum Gasteiger partial charge on any atom is -0.341 e. The Balaban J connectivity index is 1.54. The molecule has 3 saturated heterocycles. The molecule has 136 valence electrons. The van der Waals surface area contributed by atoms with E-state index in [1.54, 1.807) is 6.92 Å². The van der Waals surface area contributed by atoms with Crippen molar-refractivity contribution in [2.24, 2.45) is 5.92 Å². The molecule has 6 nitrogen and oxygen atoms in total. The monoisotopic (exact) mass is 336 g/mol. The van der Waals surface area contributed by atoms with Crippen LogP contribution in [0.25, 0.3) is 0 Å². The molecule has 0 aromatic heterocycles. The number of nitrogens with zero attached hydrogens (tertiary/aromatic N) is 4. The molecule has 3 atom stereocenters. The number of hydrogen-bond acceptors (Lipinski definition) is 4. The fraction of sp³-hybridized carbons (Fsp3) is 0.889. The Hall–Kier alpha value is -1.14. The summed E-state index contributed by atoms with van der Waals surface area (Å²) in [6.45, 7) is 13.4. The molecule has 24 heavy (non-hydrogen) atoms. The van der Waals surface area contributed by atoms with E-state index in [-0.39, 0.29) is 11.9 Å². The van der Waals surface area contributed by atoms with Gasteiger partial charge in [-0.3, -0.25) is 19.4 Å². The largest absolute Gasteiger partial charge is 0.341 e. The molecule has 6 heteroatoms. The molecule has 0 saturated carbocycles. The Morgan fingerprint density at radius 3 is 2.12 bits per heavy atom. The van der Waals surface area contributed by atoms with Gasteiger partial charge in [0.15, 0.2) is 0 Å². The molecular weight excluding hydrogens is 304 g/mol. The standard InChI is InChI=1S/C18H32N4O2/c1-14-12-22(15(2)18(24)21-6-4-5-7-21)13-17(14)20-10-8-19(9-11-20)16(3)23/h14-15,17H,4-13H2,1-3H3/t14-,15+,17-/m1/s1. The summed E-state index contributed by atoms with van der Waals surface area (Å²) >= 11 is 0. The van der Waals surface area contributed by atoms with Crippen LogP contribution in [0.3, 0.4) is 0 Å². The fourth-order valence-corrected chi connectivity index (χ4v) is 4.50. The van der Waals surface area contributed by atoms with Gasteiger partial charge in [0.05, 0.1) is 6.04 Å². The Kier molecular flexibility index (Phi) is 5.45. The maximum Gasteiger partial charge on any atom is 0.239 e. The lowest BCUT2D eigenvalue weighted by molar-refractivity contribution is -0.135. The number of likely N-dealkylation sites (tertiary alicyclic amines) is 2. The summed E-state index contributed by atoms with van der Waals surface area (Å²) in [5, 5.41) is 0. The van der Waals surface area contributed by atoms with Crippen LogP contribution < -0.4 is 0 Å². The van der Waals surface area contributed by atoms with E-state index >= 15 is 0 Å². The van der Waals surface area contributed by atoms with Crippen LogP contribution in [0, 0.1) is 5.92 Å². The second kappa shape index (κ2) is 7.40. The van der Waals surface area contributed by atoms with Crippen molar-refractivity contribution in [2.75, 3.05) is 52.4 Å². The number of carbonyl (C=O) groups excluding carboxylic acids is 2. The predicted octanol–water partition coefficient (Wildman–Crippen LogP) is 0.482. The zero-order valence-corrected chi connectivity index (χ0v) is 15.4. The minimum absolute atomic E-state index is 0.00550. The molecule has 3 aliphatic rings. The van der Waals surface area contributed by atoms with E-state index in [2.05, 4.69) is 23.6 Å². The molecule has 0 radical (unpaired) electrons. The third kappa shape index (κ3) is 3.59. The van der Waals surface area contributed by atoms with Crippen LogP contribution in [0.5, 0.6) is 0 Å². The average molecular weight is 336 g/mol. The average Bonchev–Trinajstić information content (AvgIpc) is 3.23. The zero-order valence-electron chi connectivity index (χ0n) is 15.4. The lowest BCUT2D eigenvalue weighted by atomic mass is 10.0. The maximum atomic E-state index is 12.7. The van der Waals surface area contributed by atoms with Gasteiger partial charge in [0, 0.05) is 65.3 Å². The normalized spacial score (nSPS) is 30.8. The van der Waals surface area contributed by atoms with Gasteiger partial charge in [-0.25, -0.2) is 0 Å². The lowest BCUT2D eigenvalue weighted by Crippen LogP contribution is -2.53. The molecule has 0 N–H and O–H groups in total. The highest BCUT2D eigenvalue weighted by atomic mass is 16.2. The minimum atomic E-state index is -0.00550. The van der Waals surface area contributed by atoms with Gasteiger partial charge in [0.2, 0.25) is 11.8 Å². The van der Waals surface area contributed by atoms with Crippen molar-refractivity contribution >= 4 is 11.8 Å². The molecule has 0 aromatic carbocycles. The van der Waals surface area contributed by atoms with Gasteiger partial charge in [-0.2, -0.15) is 0 Å². The van der Waals surface area contributed by atoms with Gasteiger partial charge >= 0.3 is 0 Å². The topological polar surface area (TPSA) is 47.1 Å². The summed E-state index contributed by atoms with van der Waals surface area (Å²) in [4.78, 5) is 33.0. The first-order valence-electron chi connectivity index (χ1n) is 9.49. The van der Waals surface area contributed by atoms with Crippen LogP contribution in [-0.2, 0) is 9.59 Å². The molecule has 3 aliphatic heterocycles. The van der Waals surface area contributed by atoms with Gasteiger partial charge in [-0.1, -0.05) is 6.92 Å². The molecule has 2 amide bonds. The fourth-order valence-electron chi connectivity index (χ4n) is 4.50. The summed E-state index contributed by atoms with van der Waals surface area (Å²) in [5.74, 6) is 1.06. The molecule has 0 unspecified atom stereocenters. The second-order valence-corrected chi connectivity index (χ2v) is 7.75. The molecule has 0 spiro atoms. The van der Waals surface area contributed by atoms with E-state index in [1.165, 1.54) is 0 Å². The summed E-state index contributed by atoms with van der Waals surface area (Å²) in [6, 6.07) is 0.502. The number of amides is 2. The van der Waals surface area contributed by atoms with Crippen molar-refractivity contribution in [1.29, 1.82) is 0 Å². The molecular formula is C18H32N4O2. The maximum absolute atomic E-state index is 12.7. The number of carbonyl (C=O) groups is 2. The van der Waals surface area contributed by atoms with E-state index in [1.807, 2.05) is 9.80 Å². The highest BCUT2D eigenvalue weighted by molar-refractivity contribution is 5.81. The van der Waals surface area contributed by atoms with Crippen LogP contribution in [-0.4, -0.2) is 95.9 Å². The van der Waals surface area contributed by atoms with Gasteiger partial charge in [-0.15, -0.1) is 0 Å². The summed E-state index contributed by atoms with van der Waals surface area (Å²) in [6.07, 6.45) is 2.30. The Morgan fingerprint density at radius 2 is 1.54 bits per heavy atom. The van der Waals surface area contributed by atoms with E-state index in [0.29, 0.717) is 17.9 Å². The molecule has 0 bridgehead atoms. The van der Waals surface area contributed by atoms with Gasteiger partial charge < -0.3 is 9.80 Å². The SMILES string of the molecule is CC(=O)N1CCN([C@@H]2CN([C@@H](C)C(=O)N3CCCC3)C[C@H]2C)CC1. The Labute approximate surface area is 145 Å². The van der Waals surface area contributed by atoms with Crippen molar-refractivity contribution in [3.05, 3.63) is 0 Å². The van der Waals surface area contributed by atoms with Crippen molar-refractivity contribution in [2.45, 2.75) is 45.7 Å². The van der Waals surface area contributed by atoms with E-state index in [0.717, 1.165) is 65.2 Å². The van der Waals surface area contributed by atoms with Crippen molar-refractivity contribution in [1.82, 2.24) is 19.6 Å². The van der Waals surface area contributed by atoms with Crippen LogP contribution in [0.2, 0.25) is 0 Å². The lowest BCUT2D eigenvalue weighted by Gasteiger charge is -2.39. The number of hydrogen-bond donors (Lipinski definition) is 0. The number of piperazine rings is 1. The van der Waals surface area contributed by atoms with Crippen LogP contribution >= 0.6 is 0 Å².